The second-order valence-corrected chi connectivity index (χ2v) is 20.8. The van der Waals surface area contributed by atoms with Gasteiger partial charge in [-0.1, -0.05) is 67.4 Å². The Balaban J connectivity index is 0.849. The van der Waals surface area contributed by atoms with Gasteiger partial charge in [-0.25, -0.2) is 9.78 Å². The van der Waals surface area contributed by atoms with Crippen LogP contribution in [0.25, 0.3) is 11.1 Å². The van der Waals surface area contributed by atoms with Crippen LogP contribution in [0.3, 0.4) is 0 Å². The lowest BCUT2D eigenvalue weighted by atomic mass is 9.59. The number of pyridine rings is 2. The maximum atomic E-state index is 13.5. The standard InChI is InChI=1S/C56H65Cl2N5O6/c1-37(36-69-49-18-24-59-48-13-4-8-38(2)51(48)49)30-42-32-41-15-16-45(34-47(41)55(42)19-21-56(22-20-55,54(65)66)61-44-12-6-11-43(57)33-44)68-27-7-14-50(64)62(3)35-39-9-5-10-40(31-39)46-17-23-60-53(52(46)58)63-25-28-67-29-26-63/h5-6,9-12,15-18,23-24,31,33-34,37-38,42,61H,4,7-8,13-14,19-22,25-30,32,35-36H2,1-3H3,(H,65,66)/t37-,38-,42?,55?,56?/m1/s1. The summed E-state index contributed by atoms with van der Waals surface area (Å²) in [4.78, 5) is 39.8. The number of nitrogens with one attached hydrogen (secondary N) is 1. The maximum Gasteiger partial charge on any atom is 0.329 e. The first-order chi connectivity index (χ1) is 33.4. The molecule has 2 fully saturated rings. The van der Waals surface area contributed by atoms with Gasteiger partial charge in [0.15, 0.2) is 0 Å². The second-order valence-electron chi connectivity index (χ2n) is 20.0. The highest BCUT2D eigenvalue weighted by Crippen LogP contribution is 2.57. The lowest BCUT2D eigenvalue weighted by Gasteiger charge is -2.47. The van der Waals surface area contributed by atoms with Gasteiger partial charge in [-0.05, 0) is 158 Å². The lowest BCUT2D eigenvalue weighted by Crippen LogP contribution is -2.53. The number of aryl methyl sites for hydroxylation is 1. The fourth-order valence-electron chi connectivity index (χ4n) is 11.6. The molecule has 1 amide bonds. The number of nitrogens with zero attached hydrogens (tertiary/aromatic N) is 4. The van der Waals surface area contributed by atoms with Crippen LogP contribution in [0.1, 0.15) is 106 Å². The Bertz CT molecular complexity index is 2630. The van der Waals surface area contributed by atoms with Crippen LogP contribution >= 0.6 is 23.2 Å². The Labute approximate surface area is 416 Å². The van der Waals surface area contributed by atoms with Gasteiger partial charge in [-0.15, -0.1) is 0 Å². The second kappa shape index (κ2) is 21.3. The molecule has 3 aliphatic carbocycles. The predicted molar refractivity (Wildman–Crippen MR) is 273 cm³/mol. The van der Waals surface area contributed by atoms with Crippen molar-refractivity contribution in [3.63, 3.8) is 0 Å². The minimum Gasteiger partial charge on any atom is -0.494 e. The average molecular weight is 975 g/mol. The van der Waals surface area contributed by atoms with E-state index in [0.717, 1.165) is 79.2 Å². The number of rotatable bonds is 17. The van der Waals surface area contributed by atoms with E-state index in [1.54, 1.807) is 23.2 Å². The number of amides is 1. The van der Waals surface area contributed by atoms with Gasteiger partial charge in [0, 0.05) is 73.0 Å². The Morgan fingerprint density at radius 2 is 1.77 bits per heavy atom. The first-order valence-corrected chi connectivity index (χ1v) is 25.6. The van der Waals surface area contributed by atoms with E-state index in [-0.39, 0.29) is 17.2 Å². The number of benzene rings is 3. The number of carbonyl (C=O) groups excluding carboxylic acids is 1. The van der Waals surface area contributed by atoms with Crippen LogP contribution in [0.15, 0.2) is 91.3 Å². The predicted octanol–water partition coefficient (Wildman–Crippen LogP) is 11.6. The van der Waals surface area contributed by atoms with E-state index in [9.17, 15) is 14.7 Å². The number of hydrogen-bond acceptors (Lipinski definition) is 9. The molecule has 11 nitrogen and oxygen atoms in total. The summed E-state index contributed by atoms with van der Waals surface area (Å²) >= 11 is 13.3. The third kappa shape index (κ3) is 10.7. The summed E-state index contributed by atoms with van der Waals surface area (Å²) in [5.41, 5.74) is 7.26. The Kier molecular flexibility index (Phi) is 15.0. The Morgan fingerprint density at radius 3 is 2.57 bits per heavy atom. The molecule has 1 spiro atoms. The number of carboxylic acid groups (broad SMARTS) is 1. The molecule has 1 saturated heterocycles. The third-order valence-electron chi connectivity index (χ3n) is 15.3. The van der Waals surface area contributed by atoms with E-state index >= 15 is 0 Å². The number of carboxylic acids is 1. The van der Waals surface area contributed by atoms with Crippen LogP contribution in [0, 0.1) is 11.8 Å². The van der Waals surface area contributed by atoms with Crippen molar-refractivity contribution in [2.75, 3.05) is 56.8 Å². The van der Waals surface area contributed by atoms with Crippen molar-refractivity contribution in [3.05, 3.63) is 129 Å². The molecule has 5 aromatic rings. The number of fused-ring (bicyclic) bond motifs is 3. The van der Waals surface area contributed by atoms with Crippen LogP contribution in [0.4, 0.5) is 11.5 Å². The van der Waals surface area contributed by atoms with Crippen molar-refractivity contribution in [2.24, 2.45) is 11.8 Å². The molecule has 3 heterocycles. The quantitative estimate of drug-likeness (QED) is 0.0870. The molecule has 2 N–H and O–H groups in total. The first kappa shape index (κ1) is 48.7. The summed E-state index contributed by atoms with van der Waals surface area (Å²) in [6.07, 6.45) is 12.1. The Hall–Kier alpha value is -5.36. The highest BCUT2D eigenvalue weighted by Gasteiger charge is 2.54. The van der Waals surface area contributed by atoms with Gasteiger partial charge in [-0.3, -0.25) is 9.78 Å². The van der Waals surface area contributed by atoms with Crippen molar-refractivity contribution in [1.29, 1.82) is 0 Å². The third-order valence-corrected chi connectivity index (χ3v) is 15.9. The van der Waals surface area contributed by atoms with Crippen LogP contribution in [-0.2, 0) is 39.1 Å². The fourth-order valence-corrected chi connectivity index (χ4v) is 12.2. The number of morpholine rings is 1. The van der Waals surface area contributed by atoms with Gasteiger partial charge in [-0.2, -0.15) is 0 Å². The number of hydrogen-bond donors (Lipinski definition) is 2. The summed E-state index contributed by atoms with van der Waals surface area (Å²) in [5, 5.41) is 15.4. The molecule has 2 aromatic heterocycles. The highest BCUT2D eigenvalue weighted by molar-refractivity contribution is 6.35. The molecule has 3 aromatic carbocycles. The van der Waals surface area contributed by atoms with E-state index in [1.807, 2.05) is 55.7 Å². The number of halogens is 2. The topological polar surface area (TPSA) is 126 Å². The van der Waals surface area contributed by atoms with Gasteiger partial charge in [0.25, 0.3) is 0 Å². The molecule has 1 saturated carbocycles. The van der Waals surface area contributed by atoms with Crippen LogP contribution in [-0.4, -0.2) is 84.0 Å². The largest absolute Gasteiger partial charge is 0.494 e. The molecule has 0 radical (unpaired) electrons. The number of aliphatic carboxylic acids is 1. The molecule has 1 unspecified atom stereocenters. The van der Waals surface area contributed by atoms with Gasteiger partial charge in [0.2, 0.25) is 5.91 Å². The molecule has 1 aliphatic heterocycles. The number of anilines is 2. The zero-order valence-electron chi connectivity index (χ0n) is 40.2. The van der Waals surface area contributed by atoms with E-state index in [0.29, 0.717) is 99.1 Å². The normalized spacial score (nSPS) is 22.4. The smallest absolute Gasteiger partial charge is 0.329 e. The summed E-state index contributed by atoms with van der Waals surface area (Å²) < 4.78 is 18.6. The molecule has 9 rings (SSSR count). The molecule has 3 atom stereocenters. The molecule has 364 valence electrons. The number of ether oxygens (including phenoxy) is 3. The zero-order chi connectivity index (χ0) is 48.1. The van der Waals surface area contributed by atoms with E-state index in [2.05, 4.69) is 53.3 Å². The van der Waals surface area contributed by atoms with E-state index in [1.165, 1.54) is 22.4 Å². The van der Waals surface area contributed by atoms with E-state index < -0.39 is 11.5 Å². The lowest BCUT2D eigenvalue weighted by molar-refractivity contribution is -0.144. The molecular weight excluding hydrogens is 910 g/mol. The Morgan fingerprint density at radius 1 is 0.971 bits per heavy atom. The number of carbonyl (C=O) groups is 2. The van der Waals surface area contributed by atoms with Gasteiger partial charge in [0.1, 0.15) is 22.9 Å². The zero-order valence-corrected chi connectivity index (χ0v) is 41.7. The van der Waals surface area contributed by atoms with Crippen LogP contribution < -0.4 is 19.7 Å². The average Bonchev–Trinajstić information content (AvgIpc) is 3.63. The summed E-state index contributed by atoms with van der Waals surface area (Å²) in [6, 6.07) is 25.9. The monoisotopic (exact) mass is 973 g/mol. The highest BCUT2D eigenvalue weighted by atomic mass is 35.5. The van der Waals surface area contributed by atoms with E-state index in [4.69, 9.17) is 42.4 Å². The molecule has 13 heteroatoms. The van der Waals surface area contributed by atoms with Crippen molar-refractivity contribution in [2.45, 2.75) is 108 Å². The first-order valence-electron chi connectivity index (χ1n) is 24.9. The van der Waals surface area contributed by atoms with Crippen LogP contribution in [0.5, 0.6) is 11.5 Å². The number of aromatic nitrogens is 2. The van der Waals surface area contributed by atoms with Gasteiger partial charge >= 0.3 is 5.97 Å². The molecule has 0 bridgehead atoms. The van der Waals surface area contributed by atoms with Crippen LogP contribution in [0.2, 0.25) is 10.0 Å². The maximum absolute atomic E-state index is 13.5. The van der Waals surface area contributed by atoms with Crippen molar-refractivity contribution < 1.29 is 28.9 Å². The van der Waals surface area contributed by atoms with Crippen molar-refractivity contribution in [3.8, 4) is 22.6 Å². The molecule has 4 aliphatic rings. The molecular formula is C56H65Cl2N5O6. The van der Waals surface area contributed by atoms with Crippen molar-refractivity contribution in [1.82, 2.24) is 14.9 Å². The fraction of sp³-hybridized carbons (Fsp3) is 0.464. The molecule has 69 heavy (non-hydrogen) atoms. The summed E-state index contributed by atoms with van der Waals surface area (Å²) in [5.74, 6) is 2.70. The van der Waals surface area contributed by atoms with Gasteiger partial charge in [0.05, 0.1) is 31.5 Å². The summed E-state index contributed by atoms with van der Waals surface area (Å²) in [7, 11) is 1.84. The SMILES string of the molecule is C[C@@H](COc1ccnc2c1[C@H](C)CCC2)CC1Cc2ccc(OCCCC(=O)N(C)Cc3cccc(-c4ccnc(N5CCOCC5)c4Cl)c3)cc2C12CCC(Nc1cccc(Cl)c1)(C(=O)O)CC2. The summed E-state index contributed by atoms with van der Waals surface area (Å²) in [6.45, 7) is 8.81. The van der Waals surface area contributed by atoms with Crippen molar-refractivity contribution >= 4 is 46.6 Å². The minimum atomic E-state index is -1.12. The van der Waals surface area contributed by atoms with Gasteiger partial charge < -0.3 is 34.4 Å². The minimum absolute atomic E-state index is 0.0447.